The van der Waals surface area contributed by atoms with Crippen LogP contribution >= 0.6 is 15.6 Å². The number of phosphoric ester groups is 2. The summed E-state index contributed by atoms with van der Waals surface area (Å²) < 4.78 is 78.6. The Kier molecular flexibility index (Phi) is 77.0. The molecule has 0 saturated carbocycles. The van der Waals surface area contributed by atoms with Gasteiger partial charge in [0, 0.05) is 58.2 Å². The normalized spacial score (nSPS) is 14.0. The molecule has 0 radical (unpaired) electrons. The van der Waals surface area contributed by atoms with Gasteiger partial charge in [0.25, 0.3) is 0 Å². The van der Waals surface area contributed by atoms with Gasteiger partial charge in [0.15, 0.2) is 0 Å². The van der Waals surface area contributed by atoms with Crippen LogP contribution in [0.15, 0.2) is 48.6 Å². The van der Waals surface area contributed by atoms with Crippen molar-refractivity contribution in [2.75, 3.05) is 79.1 Å². The maximum Gasteiger partial charge on any atom is 0.472 e. The zero-order chi connectivity index (χ0) is 87.7. The fraction of sp³-hybridized carbons (Fsp3) is 0.830. The first kappa shape index (κ1) is 113. The molecule has 0 aliphatic rings. The SMILES string of the molecule is CCCCCC/C=C\CCCC(=O)O[C@H](CCCCCCC)CCOCC(COP(=O)(O)OCCNC(=O)C(Cc1ccc(OCCN)cc1)C(=O)NCCOP(=O)(O)OCC(COCC[C@@H](CCCCCCC)OC(=O)CCC/C=C\CCCCCC)NC(=O)CCCCCCCCCCCCC)NC(=O)CCCCCCCCCCCCC. The molecule has 0 aliphatic heterocycles. The second-order valence-electron chi connectivity index (χ2n) is 32.7. The number of carbonyl (C=O) groups is 6. The second-order valence-corrected chi connectivity index (χ2v) is 35.6. The summed E-state index contributed by atoms with van der Waals surface area (Å²) >= 11 is 0. The lowest BCUT2D eigenvalue weighted by Crippen LogP contribution is -2.44. The van der Waals surface area contributed by atoms with E-state index in [9.17, 15) is 47.7 Å². The smallest absolute Gasteiger partial charge is 0.472 e. The van der Waals surface area contributed by atoms with Gasteiger partial charge in [-0.15, -0.1) is 0 Å². The van der Waals surface area contributed by atoms with Gasteiger partial charge in [-0.3, -0.25) is 46.9 Å². The van der Waals surface area contributed by atoms with Crippen molar-refractivity contribution in [3.05, 3.63) is 54.1 Å². The second kappa shape index (κ2) is 81.5. The van der Waals surface area contributed by atoms with Crippen LogP contribution in [-0.2, 0) is 81.4 Å². The Labute approximate surface area is 727 Å². The summed E-state index contributed by atoms with van der Waals surface area (Å²) in [4.78, 5) is 103. The molecule has 0 bridgehead atoms. The van der Waals surface area contributed by atoms with E-state index in [1.807, 2.05) is 0 Å². The van der Waals surface area contributed by atoms with E-state index in [0.29, 0.717) is 75.5 Å². The fourth-order valence-corrected chi connectivity index (χ4v) is 15.5. The maximum atomic E-state index is 14.0. The molecule has 0 fully saturated rings. The molecule has 0 spiro atoms. The van der Waals surface area contributed by atoms with Crippen molar-refractivity contribution in [3.8, 4) is 5.75 Å². The van der Waals surface area contributed by atoms with Crippen LogP contribution in [0.25, 0.3) is 0 Å². The fourth-order valence-electron chi connectivity index (χ4n) is 14.0. The Bertz CT molecular complexity index is 2630. The number of rotatable bonds is 89. The van der Waals surface area contributed by atoms with Crippen molar-refractivity contribution in [2.24, 2.45) is 11.7 Å². The minimum atomic E-state index is -4.84. The molecule has 26 heteroatoms. The Morgan fingerprint density at radius 3 is 1.05 bits per heavy atom. The number of amides is 4. The van der Waals surface area contributed by atoms with Crippen molar-refractivity contribution in [3.63, 3.8) is 0 Å². The quantitative estimate of drug-likeness (QED) is 0.0105. The molecular weight excluding hydrogens is 1560 g/mol. The highest BCUT2D eigenvalue weighted by atomic mass is 31.2. The molecule has 698 valence electrons. The molecule has 6 atom stereocenters. The molecule has 120 heavy (non-hydrogen) atoms. The summed E-state index contributed by atoms with van der Waals surface area (Å²) in [7, 11) is -9.68. The molecule has 0 saturated heterocycles. The molecule has 4 amide bonds. The third-order valence-corrected chi connectivity index (χ3v) is 23.2. The van der Waals surface area contributed by atoms with Crippen LogP contribution < -0.4 is 31.7 Å². The van der Waals surface area contributed by atoms with Gasteiger partial charge in [0.1, 0.15) is 30.5 Å². The van der Waals surface area contributed by atoms with Crippen molar-refractivity contribution in [2.45, 2.75) is 419 Å². The summed E-state index contributed by atoms with van der Waals surface area (Å²) in [6, 6.07) is 5.01. The molecule has 4 unspecified atom stereocenters. The van der Waals surface area contributed by atoms with E-state index in [2.05, 4.69) is 87.1 Å². The molecule has 0 aliphatic carbocycles. The molecule has 1 rings (SSSR count). The number of nitrogens with two attached hydrogens (primary N) is 1. The van der Waals surface area contributed by atoms with Crippen molar-refractivity contribution < 1.29 is 89.5 Å². The number of hydrogen-bond donors (Lipinski definition) is 7. The van der Waals surface area contributed by atoms with Gasteiger partial charge >= 0.3 is 27.6 Å². The first-order chi connectivity index (χ1) is 58.3. The zero-order valence-electron chi connectivity index (χ0n) is 76.2. The lowest BCUT2D eigenvalue weighted by atomic mass is 9.97. The average molecular weight is 1740 g/mol. The van der Waals surface area contributed by atoms with Crippen LogP contribution in [0.1, 0.15) is 394 Å². The molecule has 1 aromatic carbocycles. The first-order valence-electron chi connectivity index (χ1n) is 48.0. The van der Waals surface area contributed by atoms with E-state index in [4.69, 9.17) is 47.5 Å². The van der Waals surface area contributed by atoms with E-state index in [0.717, 1.165) is 128 Å². The van der Waals surface area contributed by atoms with E-state index < -0.39 is 71.9 Å². The van der Waals surface area contributed by atoms with Gasteiger partial charge in [0.2, 0.25) is 23.6 Å². The molecule has 1 aromatic rings. The van der Waals surface area contributed by atoms with Crippen molar-refractivity contribution in [1.29, 1.82) is 0 Å². The predicted octanol–water partition coefficient (Wildman–Crippen LogP) is 21.8. The Morgan fingerprint density at radius 1 is 0.375 bits per heavy atom. The van der Waals surface area contributed by atoms with Crippen molar-refractivity contribution >= 4 is 51.2 Å². The summed E-state index contributed by atoms with van der Waals surface area (Å²) in [5.74, 6) is -3.43. The van der Waals surface area contributed by atoms with Crippen LogP contribution in [0, 0.1) is 5.92 Å². The molecule has 24 nitrogen and oxygen atoms in total. The van der Waals surface area contributed by atoms with Gasteiger partial charge in [-0.2, -0.15) is 0 Å². The summed E-state index contributed by atoms with van der Waals surface area (Å²) in [5, 5.41) is 11.1. The first-order valence-corrected chi connectivity index (χ1v) is 51.0. The predicted molar refractivity (Wildman–Crippen MR) is 485 cm³/mol. The number of hydrogen-bond acceptors (Lipinski definition) is 18. The summed E-state index contributed by atoms with van der Waals surface area (Å²) in [5.41, 5.74) is 6.22. The highest BCUT2D eigenvalue weighted by Gasteiger charge is 2.31. The number of carbonyl (C=O) groups excluding carboxylic acids is 6. The van der Waals surface area contributed by atoms with E-state index in [1.165, 1.54) is 141 Å². The van der Waals surface area contributed by atoms with E-state index in [-0.39, 0.29) is 108 Å². The third-order valence-electron chi connectivity index (χ3n) is 21.3. The molecule has 0 heterocycles. The largest absolute Gasteiger partial charge is 0.492 e. The van der Waals surface area contributed by atoms with E-state index >= 15 is 0 Å². The standard InChI is InChI=1S/C94H173N5O19P2/c1-7-13-19-25-29-33-35-39-41-47-53-59-89(100)98-83(78-110-72-67-86(57-51-45-23-17-11-5)117-91(102)61-55-49-43-37-31-27-21-15-9-3)80-115-119(106,107)113-75-70-96-93(104)88(77-82-63-65-85(66-64-82)112-74-69-95)94(105)97-71-76-114-120(108,109)116-81-84(99-90(101)60-54-48-42-40-36-34-30-26-20-14-8-2)79-111-73-68-87(58-52-46-24-18-12-6)118-92(103)62-56-50-44-38-32-28-22-16-10-4/h37-38,43-44,63-66,83-84,86-88H,7-36,39-42,45-62,67-81,95H2,1-6H3,(H,96,104)(H,97,105)(H,98,100)(H,99,101)(H,106,107)(H,108,109)/b43-37-,44-38-/t83?,84?,86-,87-,88?/m1/s1. The zero-order valence-corrected chi connectivity index (χ0v) is 78.0. The number of allylic oxidation sites excluding steroid dienone is 4. The number of ether oxygens (including phenoxy) is 5. The minimum absolute atomic E-state index is 0.0764. The number of benzene rings is 1. The molecule has 0 aromatic heterocycles. The highest BCUT2D eigenvalue weighted by Crippen LogP contribution is 2.44. The van der Waals surface area contributed by atoms with Gasteiger partial charge in [-0.05, 0) is 114 Å². The van der Waals surface area contributed by atoms with Crippen LogP contribution in [0.3, 0.4) is 0 Å². The van der Waals surface area contributed by atoms with Crippen LogP contribution in [0.5, 0.6) is 5.75 Å². The lowest BCUT2D eigenvalue weighted by Gasteiger charge is -2.22. The Morgan fingerprint density at radius 2 is 0.700 bits per heavy atom. The van der Waals surface area contributed by atoms with Crippen LogP contribution in [0.4, 0.5) is 0 Å². The lowest BCUT2D eigenvalue weighted by molar-refractivity contribution is -0.151. The topological polar surface area (TPSA) is 334 Å². The third kappa shape index (κ3) is 71.7. The van der Waals surface area contributed by atoms with Crippen LogP contribution in [0.2, 0.25) is 0 Å². The molecular formula is C94H173N5O19P2. The van der Waals surface area contributed by atoms with Gasteiger partial charge in [-0.1, -0.05) is 296 Å². The number of esters is 2. The minimum Gasteiger partial charge on any atom is -0.492 e. The summed E-state index contributed by atoms with van der Waals surface area (Å²) in [6.07, 6.45) is 61.2. The van der Waals surface area contributed by atoms with Gasteiger partial charge in [-0.25, -0.2) is 9.13 Å². The number of nitrogens with one attached hydrogen (secondary N) is 4. The number of phosphoric acid groups is 2. The highest BCUT2D eigenvalue weighted by molar-refractivity contribution is 7.47. The van der Waals surface area contributed by atoms with Gasteiger partial charge in [0.05, 0.1) is 64.9 Å². The van der Waals surface area contributed by atoms with Crippen LogP contribution in [-0.4, -0.2) is 149 Å². The number of unbranched alkanes of at least 4 members (excludes halogenated alkanes) is 38. The maximum absolute atomic E-state index is 14.0. The molecule has 8 N–H and O–H groups in total. The monoisotopic (exact) mass is 1740 g/mol. The Hall–Kier alpha value is -4.58. The van der Waals surface area contributed by atoms with Gasteiger partial charge < -0.3 is 60.5 Å². The summed E-state index contributed by atoms with van der Waals surface area (Å²) in [6.45, 7) is 11.3. The van der Waals surface area contributed by atoms with E-state index in [1.54, 1.807) is 24.3 Å². The Balaban J connectivity index is 3.20. The van der Waals surface area contributed by atoms with Crippen molar-refractivity contribution in [1.82, 2.24) is 21.3 Å². The average Bonchev–Trinajstić information content (AvgIpc) is 0.873.